The standard InChI is InChI=1S/C22H23FN2O3S/c1-16-11-13-25(14-12-16)22-21(29(26,27)19-9-7-18(23)8-10-19)24-20(28-22)15-17-5-3-2-4-6-17/h2-10,16H,11-15H2,1H3. The van der Waals surface area contributed by atoms with Crippen molar-refractivity contribution in [3.63, 3.8) is 0 Å². The highest BCUT2D eigenvalue weighted by Gasteiger charge is 2.32. The summed E-state index contributed by atoms with van der Waals surface area (Å²) >= 11 is 0. The van der Waals surface area contributed by atoms with E-state index in [1.807, 2.05) is 35.2 Å². The highest BCUT2D eigenvalue weighted by Crippen LogP contribution is 2.34. The molecule has 0 amide bonds. The van der Waals surface area contributed by atoms with E-state index in [2.05, 4.69) is 11.9 Å². The maximum Gasteiger partial charge on any atom is 0.236 e. The summed E-state index contributed by atoms with van der Waals surface area (Å²) in [6.45, 7) is 3.62. The molecule has 5 nitrogen and oxygen atoms in total. The second-order valence-electron chi connectivity index (χ2n) is 7.51. The highest BCUT2D eigenvalue weighted by atomic mass is 32.2. The molecule has 0 N–H and O–H groups in total. The summed E-state index contributed by atoms with van der Waals surface area (Å²) in [5, 5.41) is -0.0930. The van der Waals surface area contributed by atoms with Crippen molar-refractivity contribution in [1.29, 1.82) is 0 Å². The smallest absolute Gasteiger partial charge is 0.236 e. The van der Waals surface area contributed by atoms with Gasteiger partial charge in [0.2, 0.25) is 26.6 Å². The number of aromatic nitrogens is 1. The van der Waals surface area contributed by atoms with Crippen molar-refractivity contribution in [2.75, 3.05) is 18.0 Å². The van der Waals surface area contributed by atoms with Gasteiger partial charge in [-0.2, -0.15) is 4.98 Å². The first kappa shape index (κ1) is 19.6. The van der Waals surface area contributed by atoms with Gasteiger partial charge in [-0.3, -0.25) is 0 Å². The van der Waals surface area contributed by atoms with Gasteiger partial charge >= 0.3 is 0 Å². The zero-order chi connectivity index (χ0) is 20.4. The monoisotopic (exact) mass is 414 g/mol. The summed E-state index contributed by atoms with van der Waals surface area (Å²) in [5.41, 5.74) is 0.985. The molecule has 3 aromatic rings. The molecular weight excluding hydrogens is 391 g/mol. The first-order chi connectivity index (χ1) is 13.9. The molecule has 0 atom stereocenters. The number of nitrogens with zero attached hydrogens (tertiary/aromatic N) is 2. The molecule has 0 unspecified atom stereocenters. The van der Waals surface area contributed by atoms with E-state index >= 15 is 0 Å². The molecule has 1 aliphatic rings. The fraction of sp³-hybridized carbons (Fsp3) is 0.318. The van der Waals surface area contributed by atoms with Crippen LogP contribution in [-0.4, -0.2) is 26.5 Å². The van der Waals surface area contributed by atoms with E-state index in [4.69, 9.17) is 4.42 Å². The Morgan fingerprint density at radius 2 is 1.72 bits per heavy atom. The zero-order valence-corrected chi connectivity index (χ0v) is 17.0. The number of oxazole rings is 1. The molecule has 4 rings (SSSR count). The molecule has 2 aromatic carbocycles. The Bertz CT molecular complexity index is 1070. The van der Waals surface area contributed by atoms with E-state index in [1.165, 1.54) is 12.1 Å². The quantitative estimate of drug-likeness (QED) is 0.576. The molecule has 0 bridgehead atoms. The van der Waals surface area contributed by atoms with Crippen LogP contribution in [0.1, 0.15) is 31.2 Å². The number of piperidine rings is 1. The number of sulfone groups is 1. The van der Waals surface area contributed by atoms with E-state index in [1.54, 1.807) is 0 Å². The van der Waals surface area contributed by atoms with Gasteiger partial charge in [-0.25, -0.2) is 12.8 Å². The lowest BCUT2D eigenvalue weighted by Crippen LogP contribution is -2.33. The van der Waals surface area contributed by atoms with Gasteiger partial charge in [0.15, 0.2) is 0 Å². The van der Waals surface area contributed by atoms with Crippen molar-refractivity contribution >= 4 is 15.7 Å². The molecule has 0 aliphatic carbocycles. The number of hydrogen-bond donors (Lipinski definition) is 0. The Morgan fingerprint density at radius 1 is 1.07 bits per heavy atom. The lowest BCUT2D eigenvalue weighted by molar-refractivity contribution is 0.408. The predicted molar refractivity (Wildman–Crippen MR) is 108 cm³/mol. The normalized spacial score (nSPS) is 15.6. The van der Waals surface area contributed by atoms with E-state index in [-0.39, 0.29) is 15.8 Å². The number of halogens is 1. The van der Waals surface area contributed by atoms with Crippen LogP contribution in [0.15, 0.2) is 68.9 Å². The van der Waals surface area contributed by atoms with Crippen molar-refractivity contribution in [1.82, 2.24) is 4.98 Å². The van der Waals surface area contributed by atoms with Gasteiger partial charge in [0.05, 0.1) is 4.90 Å². The molecule has 7 heteroatoms. The van der Waals surface area contributed by atoms with Gasteiger partial charge in [-0.05, 0) is 48.6 Å². The molecular formula is C22H23FN2O3S. The fourth-order valence-corrected chi connectivity index (χ4v) is 4.84. The van der Waals surface area contributed by atoms with Crippen molar-refractivity contribution in [2.45, 2.75) is 36.1 Å². The van der Waals surface area contributed by atoms with Gasteiger partial charge in [0.1, 0.15) is 5.82 Å². The minimum atomic E-state index is -3.93. The molecule has 0 spiro atoms. The van der Waals surface area contributed by atoms with Gasteiger partial charge in [-0.1, -0.05) is 37.3 Å². The van der Waals surface area contributed by atoms with Crippen molar-refractivity contribution in [3.05, 3.63) is 71.9 Å². The maximum atomic E-state index is 13.3. The largest absolute Gasteiger partial charge is 0.423 e. The average molecular weight is 415 g/mol. The van der Waals surface area contributed by atoms with E-state index in [0.29, 0.717) is 31.3 Å². The van der Waals surface area contributed by atoms with Gasteiger partial charge in [0.25, 0.3) is 0 Å². The first-order valence-electron chi connectivity index (χ1n) is 9.73. The van der Waals surface area contributed by atoms with E-state index in [9.17, 15) is 12.8 Å². The molecule has 0 radical (unpaired) electrons. The Labute approximate surface area is 170 Å². The maximum absolute atomic E-state index is 13.3. The van der Waals surface area contributed by atoms with Crippen LogP contribution in [0, 0.1) is 11.7 Å². The molecule has 2 heterocycles. The van der Waals surface area contributed by atoms with Gasteiger partial charge < -0.3 is 9.32 Å². The molecule has 1 aromatic heterocycles. The van der Waals surface area contributed by atoms with Crippen LogP contribution in [0.5, 0.6) is 0 Å². The third-order valence-electron chi connectivity index (χ3n) is 5.27. The molecule has 0 saturated carbocycles. The summed E-state index contributed by atoms with van der Waals surface area (Å²) in [7, 11) is -3.93. The Balaban J connectivity index is 1.75. The summed E-state index contributed by atoms with van der Waals surface area (Å²) in [6.07, 6.45) is 2.33. The van der Waals surface area contributed by atoms with Crippen LogP contribution in [0.2, 0.25) is 0 Å². The molecule has 1 saturated heterocycles. The minimum Gasteiger partial charge on any atom is -0.423 e. The number of rotatable bonds is 5. The fourth-order valence-electron chi connectivity index (χ4n) is 3.50. The van der Waals surface area contributed by atoms with Crippen LogP contribution >= 0.6 is 0 Å². The average Bonchev–Trinajstić information content (AvgIpc) is 3.14. The number of benzene rings is 2. The van der Waals surface area contributed by atoms with Crippen LogP contribution in [0.3, 0.4) is 0 Å². The van der Waals surface area contributed by atoms with E-state index < -0.39 is 15.7 Å². The third-order valence-corrected chi connectivity index (χ3v) is 6.94. The highest BCUT2D eigenvalue weighted by molar-refractivity contribution is 7.91. The SMILES string of the molecule is CC1CCN(c2oc(Cc3ccccc3)nc2S(=O)(=O)c2ccc(F)cc2)CC1. The second kappa shape index (κ2) is 7.99. The third kappa shape index (κ3) is 4.19. The van der Waals surface area contributed by atoms with Crippen molar-refractivity contribution in [2.24, 2.45) is 5.92 Å². The summed E-state index contributed by atoms with van der Waals surface area (Å²) < 4.78 is 45.8. The summed E-state index contributed by atoms with van der Waals surface area (Å²) in [4.78, 5) is 6.34. The lowest BCUT2D eigenvalue weighted by Gasteiger charge is -2.30. The second-order valence-corrected chi connectivity index (χ2v) is 9.37. The first-order valence-corrected chi connectivity index (χ1v) is 11.2. The minimum absolute atomic E-state index is 0.00471. The summed E-state index contributed by atoms with van der Waals surface area (Å²) in [6, 6.07) is 14.4. The van der Waals surface area contributed by atoms with Gasteiger partial charge in [-0.15, -0.1) is 0 Å². The zero-order valence-electron chi connectivity index (χ0n) is 16.2. The van der Waals surface area contributed by atoms with E-state index in [0.717, 1.165) is 30.5 Å². The Kier molecular flexibility index (Phi) is 5.41. The Morgan fingerprint density at radius 3 is 2.38 bits per heavy atom. The van der Waals surface area contributed by atoms with Crippen LogP contribution in [-0.2, 0) is 16.3 Å². The topological polar surface area (TPSA) is 63.4 Å². The van der Waals surface area contributed by atoms with Gasteiger partial charge in [0, 0.05) is 19.5 Å². The lowest BCUT2D eigenvalue weighted by atomic mass is 9.99. The summed E-state index contributed by atoms with van der Waals surface area (Å²) in [5.74, 6) is 0.742. The molecule has 1 fully saturated rings. The number of hydrogen-bond acceptors (Lipinski definition) is 5. The van der Waals surface area contributed by atoms with Crippen molar-refractivity contribution < 1.29 is 17.2 Å². The molecule has 29 heavy (non-hydrogen) atoms. The predicted octanol–water partition coefficient (Wildman–Crippen LogP) is 4.47. The van der Waals surface area contributed by atoms with Crippen LogP contribution < -0.4 is 4.90 Å². The Hall–Kier alpha value is -2.67. The van der Waals surface area contributed by atoms with Crippen molar-refractivity contribution in [3.8, 4) is 0 Å². The molecule has 152 valence electrons. The number of anilines is 1. The van der Waals surface area contributed by atoms with Crippen LogP contribution in [0.25, 0.3) is 0 Å². The molecule has 1 aliphatic heterocycles. The van der Waals surface area contributed by atoms with Crippen LogP contribution in [0.4, 0.5) is 10.3 Å².